The minimum Gasteiger partial charge on any atom is -0.478 e. The lowest BCUT2D eigenvalue weighted by molar-refractivity contribution is -0.384. The van der Waals surface area contributed by atoms with Crippen molar-refractivity contribution in [3.8, 4) is 0 Å². The minimum atomic E-state index is -4.51. The van der Waals surface area contributed by atoms with Crippen LogP contribution in [0, 0.1) is 10.1 Å². The first kappa shape index (κ1) is 18.8. The third-order valence-corrected chi connectivity index (χ3v) is 4.17. The van der Waals surface area contributed by atoms with Crippen LogP contribution in [0.15, 0.2) is 41.3 Å². The first-order valence-electron chi connectivity index (χ1n) is 6.69. The maximum absolute atomic E-state index is 11.8. The van der Waals surface area contributed by atoms with Crippen molar-refractivity contribution in [2.75, 3.05) is 5.32 Å². The Balaban J connectivity index is 2.67. The van der Waals surface area contributed by atoms with Gasteiger partial charge in [0.25, 0.3) is 5.69 Å². The van der Waals surface area contributed by atoms with Crippen LogP contribution in [-0.2, 0) is 10.0 Å². The molecule has 0 atom stereocenters. The van der Waals surface area contributed by atoms with Gasteiger partial charge in [-0.3, -0.25) is 10.1 Å². The fourth-order valence-corrected chi connectivity index (χ4v) is 2.79. The molecule has 12 heteroatoms. The van der Waals surface area contributed by atoms with Crippen molar-refractivity contribution in [3.63, 3.8) is 0 Å². The van der Waals surface area contributed by atoms with E-state index < -0.39 is 48.7 Å². The molecular formula is C14H11N3O8S. The van der Waals surface area contributed by atoms with Gasteiger partial charge in [0.15, 0.2) is 0 Å². The number of primary sulfonamides is 1. The second-order valence-corrected chi connectivity index (χ2v) is 6.51. The van der Waals surface area contributed by atoms with Crippen LogP contribution < -0.4 is 10.5 Å². The van der Waals surface area contributed by atoms with E-state index in [2.05, 4.69) is 5.32 Å². The Hall–Kier alpha value is -3.51. The predicted molar refractivity (Wildman–Crippen MR) is 88.1 cm³/mol. The van der Waals surface area contributed by atoms with Crippen LogP contribution in [0.5, 0.6) is 0 Å². The summed E-state index contributed by atoms with van der Waals surface area (Å²) in [6.45, 7) is 0. The molecule has 0 fully saturated rings. The first-order valence-corrected chi connectivity index (χ1v) is 8.24. The molecule has 0 saturated carbocycles. The predicted octanol–water partition coefficient (Wildman–Crippen LogP) is 1.38. The van der Waals surface area contributed by atoms with E-state index in [1.54, 1.807) is 0 Å². The molecule has 0 aliphatic carbocycles. The number of carbonyl (C=O) groups is 2. The van der Waals surface area contributed by atoms with Gasteiger partial charge in [0.1, 0.15) is 10.6 Å². The van der Waals surface area contributed by atoms with Crippen LogP contribution in [0.2, 0.25) is 0 Å². The SMILES string of the molecule is NS(=O)(=O)c1cc(C(=O)O)cc([N+](=O)[O-])c1Nc1ccc(C(=O)O)cc1. The van der Waals surface area contributed by atoms with Crippen molar-refractivity contribution in [2.24, 2.45) is 5.14 Å². The summed E-state index contributed by atoms with van der Waals surface area (Å²) in [7, 11) is -4.51. The molecule has 0 heterocycles. The monoisotopic (exact) mass is 381 g/mol. The number of hydrogen-bond acceptors (Lipinski definition) is 7. The average Bonchev–Trinajstić information content (AvgIpc) is 2.53. The molecule has 0 unspecified atom stereocenters. The molecule has 2 aromatic rings. The maximum Gasteiger partial charge on any atom is 0.335 e. The number of nitrogens with zero attached hydrogens (tertiary/aromatic N) is 1. The van der Waals surface area contributed by atoms with Gasteiger partial charge in [-0.1, -0.05) is 0 Å². The van der Waals surface area contributed by atoms with Gasteiger partial charge in [-0.15, -0.1) is 0 Å². The molecule has 2 aromatic carbocycles. The summed E-state index contributed by atoms with van der Waals surface area (Å²) in [5, 5.41) is 36.7. The summed E-state index contributed by atoms with van der Waals surface area (Å²) in [5.41, 5.74) is -1.92. The smallest absolute Gasteiger partial charge is 0.335 e. The number of benzene rings is 2. The van der Waals surface area contributed by atoms with E-state index >= 15 is 0 Å². The number of aromatic carboxylic acids is 2. The molecule has 0 amide bonds. The van der Waals surface area contributed by atoms with Crippen LogP contribution in [-0.4, -0.2) is 35.5 Å². The molecule has 0 aromatic heterocycles. The van der Waals surface area contributed by atoms with Crippen molar-refractivity contribution < 1.29 is 33.1 Å². The van der Waals surface area contributed by atoms with Crippen LogP contribution in [0.1, 0.15) is 20.7 Å². The lowest BCUT2D eigenvalue weighted by Crippen LogP contribution is -2.16. The highest BCUT2D eigenvalue weighted by Crippen LogP contribution is 2.35. The summed E-state index contributed by atoms with van der Waals surface area (Å²) in [5.74, 6) is -2.77. The second kappa shape index (κ2) is 6.78. The number of anilines is 2. The zero-order valence-electron chi connectivity index (χ0n) is 12.7. The fraction of sp³-hybridized carbons (Fsp3) is 0. The zero-order valence-corrected chi connectivity index (χ0v) is 13.6. The van der Waals surface area contributed by atoms with Crippen LogP contribution in [0.3, 0.4) is 0 Å². The molecule has 11 nitrogen and oxygen atoms in total. The van der Waals surface area contributed by atoms with Crippen molar-refractivity contribution in [2.45, 2.75) is 4.90 Å². The Kier molecular flexibility index (Phi) is 4.91. The molecular weight excluding hydrogens is 370 g/mol. The van der Waals surface area contributed by atoms with Crippen molar-refractivity contribution in [1.29, 1.82) is 0 Å². The molecule has 0 aliphatic rings. The Bertz CT molecular complexity index is 1020. The number of nitrogens with one attached hydrogen (secondary N) is 1. The van der Waals surface area contributed by atoms with Crippen LogP contribution in [0.25, 0.3) is 0 Å². The largest absolute Gasteiger partial charge is 0.478 e. The van der Waals surface area contributed by atoms with E-state index in [-0.39, 0.29) is 11.3 Å². The van der Waals surface area contributed by atoms with E-state index in [0.717, 1.165) is 0 Å². The quantitative estimate of drug-likeness (QED) is 0.423. The van der Waals surface area contributed by atoms with E-state index in [1.807, 2.05) is 0 Å². The number of hydrogen-bond donors (Lipinski definition) is 4. The van der Waals surface area contributed by atoms with Crippen molar-refractivity contribution in [1.82, 2.24) is 0 Å². The Labute approximate surface area is 145 Å². The number of nitro groups is 1. The molecule has 0 bridgehead atoms. The highest BCUT2D eigenvalue weighted by atomic mass is 32.2. The van der Waals surface area contributed by atoms with Gasteiger partial charge in [-0.05, 0) is 30.3 Å². The third-order valence-electron chi connectivity index (χ3n) is 3.23. The van der Waals surface area contributed by atoms with Gasteiger partial charge in [0.05, 0.1) is 16.1 Å². The van der Waals surface area contributed by atoms with Gasteiger partial charge in [-0.25, -0.2) is 23.1 Å². The summed E-state index contributed by atoms with van der Waals surface area (Å²) >= 11 is 0. The minimum absolute atomic E-state index is 0.0575. The van der Waals surface area contributed by atoms with Crippen molar-refractivity contribution >= 4 is 39.0 Å². The van der Waals surface area contributed by atoms with Crippen molar-refractivity contribution in [3.05, 3.63) is 57.6 Å². The van der Waals surface area contributed by atoms with Gasteiger partial charge >= 0.3 is 11.9 Å². The average molecular weight is 381 g/mol. The summed E-state index contributed by atoms with van der Waals surface area (Å²) in [4.78, 5) is 31.5. The zero-order chi connectivity index (χ0) is 19.6. The Morgan fingerprint density at radius 3 is 2.00 bits per heavy atom. The molecule has 26 heavy (non-hydrogen) atoms. The Morgan fingerprint density at radius 2 is 1.58 bits per heavy atom. The van der Waals surface area contributed by atoms with Gasteiger partial charge < -0.3 is 15.5 Å². The number of nitro benzene ring substituents is 1. The number of sulfonamides is 1. The summed E-state index contributed by atoms with van der Waals surface area (Å²) in [6.07, 6.45) is 0. The molecule has 0 spiro atoms. The number of rotatable bonds is 6. The van der Waals surface area contributed by atoms with E-state index in [1.165, 1.54) is 24.3 Å². The van der Waals surface area contributed by atoms with E-state index in [0.29, 0.717) is 12.1 Å². The van der Waals surface area contributed by atoms with Crippen LogP contribution >= 0.6 is 0 Å². The lowest BCUT2D eigenvalue weighted by atomic mass is 10.1. The van der Waals surface area contributed by atoms with E-state index in [4.69, 9.17) is 15.4 Å². The maximum atomic E-state index is 11.8. The highest BCUT2D eigenvalue weighted by molar-refractivity contribution is 7.89. The second-order valence-electron chi connectivity index (χ2n) is 4.98. The van der Waals surface area contributed by atoms with E-state index in [9.17, 15) is 28.1 Å². The first-order chi connectivity index (χ1) is 12.0. The van der Waals surface area contributed by atoms with Gasteiger partial charge in [0, 0.05) is 11.8 Å². The van der Waals surface area contributed by atoms with Gasteiger partial charge in [-0.2, -0.15) is 0 Å². The molecule has 136 valence electrons. The normalized spacial score (nSPS) is 11.0. The highest BCUT2D eigenvalue weighted by Gasteiger charge is 2.27. The lowest BCUT2D eigenvalue weighted by Gasteiger charge is -2.12. The molecule has 2 rings (SSSR count). The van der Waals surface area contributed by atoms with Crippen LogP contribution in [0.4, 0.5) is 17.1 Å². The molecule has 0 radical (unpaired) electrons. The summed E-state index contributed by atoms with van der Waals surface area (Å²) in [6, 6.07) is 6.28. The molecule has 0 aliphatic heterocycles. The number of carboxylic acid groups (broad SMARTS) is 2. The molecule has 0 saturated heterocycles. The topological polar surface area (TPSA) is 190 Å². The number of carboxylic acids is 2. The fourth-order valence-electron chi connectivity index (χ4n) is 2.06. The number of nitrogens with two attached hydrogens (primary N) is 1. The summed E-state index contributed by atoms with van der Waals surface area (Å²) < 4.78 is 23.6. The standard InChI is InChI=1S/C14H11N3O8S/c15-26(24,25)11-6-8(14(20)21)5-10(17(22)23)12(11)16-9-3-1-7(2-4-9)13(18)19/h1-6,16H,(H,18,19)(H,20,21)(H2,15,24,25). The Morgan fingerprint density at radius 1 is 1.04 bits per heavy atom. The van der Waals surface area contributed by atoms with Gasteiger partial charge in [0.2, 0.25) is 10.0 Å². The third kappa shape index (κ3) is 3.93. The molecule has 5 N–H and O–H groups in total.